The molecule has 0 unspecified atom stereocenters. The molecular weight excluding hydrogens is 294 g/mol. The molecular formula is C13H17N3O2S2. The number of aryl methyl sites for hydroxylation is 3. The molecule has 0 aromatic carbocycles. The third-order valence-electron chi connectivity index (χ3n) is 2.75. The summed E-state index contributed by atoms with van der Waals surface area (Å²) < 4.78 is 27.3. The first-order chi connectivity index (χ1) is 9.31. The predicted octanol–water partition coefficient (Wildman–Crippen LogP) is 2.33. The lowest BCUT2D eigenvalue weighted by Crippen LogP contribution is -2.14. The number of rotatable bonds is 4. The number of hydrogen-bond acceptors (Lipinski definition) is 5. The highest BCUT2D eigenvalue weighted by Gasteiger charge is 2.20. The van der Waals surface area contributed by atoms with E-state index < -0.39 is 10.0 Å². The van der Waals surface area contributed by atoms with Gasteiger partial charge in [-0.2, -0.15) is 0 Å². The molecule has 0 atom stereocenters. The zero-order chi connectivity index (χ0) is 14.9. The van der Waals surface area contributed by atoms with E-state index in [1.807, 2.05) is 19.9 Å². The highest BCUT2D eigenvalue weighted by molar-refractivity contribution is 7.93. The summed E-state index contributed by atoms with van der Waals surface area (Å²) >= 11 is 1.39. The van der Waals surface area contributed by atoms with Crippen LogP contribution in [0.2, 0.25) is 0 Å². The van der Waals surface area contributed by atoms with Crippen LogP contribution < -0.4 is 10.5 Å². The number of sulfonamides is 1. The van der Waals surface area contributed by atoms with Gasteiger partial charge in [0.15, 0.2) is 0 Å². The number of pyridine rings is 1. The summed E-state index contributed by atoms with van der Waals surface area (Å²) in [4.78, 5) is 6.03. The van der Waals surface area contributed by atoms with E-state index in [4.69, 9.17) is 5.73 Å². The molecule has 2 aromatic rings. The molecule has 0 fully saturated rings. The standard InChI is InChI=1S/C13H17N3O2S2/c1-8-4-9(2)15-13(5-8)16-20(17,18)12-6-11(7-14)19-10(12)3/h4-6H,7,14H2,1-3H3,(H,15,16). The van der Waals surface area contributed by atoms with E-state index in [0.717, 1.165) is 21.0 Å². The van der Waals surface area contributed by atoms with Gasteiger partial charge in [0.2, 0.25) is 0 Å². The lowest BCUT2D eigenvalue weighted by atomic mass is 10.2. The molecule has 2 aromatic heterocycles. The zero-order valence-corrected chi connectivity index (χ0v) is 13.2. The minimum absolute atomic E-state index is 0.268. The Morgan fingerprint density at radius 1 is 1.25 bits per heavy atom. The third kappa shape index (κ3) is 3.17. The van der Waals surface area contributed by atoms with Gasteiger partial charge in [-0.3, -0.25) is 4.72 Å². The van der Waals surface area contributed by atoms with Crippen LogP contribution in [0.4, 0.5) is 5.82 Å². The number of anilines is 1. The van der Waals surface area contributed by atoms with Crippen LogP contribution in [0, 0.1) is 20.8 Å². The van der Waals surface area contributed by atoms with E-state index in [0.29, 0.717) is 12.4 Å². The average Bonchev–Trinajstić information content (AvgIpc) is 2.69. The molecule has 108 valence electrons. The second kappa shape index (κ2) is 5.51. The van der Waals surface area contributed by atoms with Crippen LogP contribution in [0.5, 0.6) is 0 Å². The minimum Gasteiger partial charge on any atom is -0.326 e. The highest BCUT2D eigenvalue weighted by Crippen LogP contribution is 2.27. The smallest absolute Gasteiger partial charge is 0.264 e. The van der Waals surface area contributed by atoms with Crippen molar-refractivity contribution in [1.82, 2.24) is 4.98 Å². The molecule has 7 heteroatoms. The molecule has 0 saturated carbocycles. The van der Waals surface area contributed by atoms with Crippen LogP contribution in [0.3, 0.4) is 0 Å². The maximum Gasteiger partial charge on any atom is 0.264 e. The monoisotopic (exact) mass is 311 g/mol. The van der Waals surface area contributed by atoms with Crippen molar-refractivity contribution in [2.45, 2.75) is 32.2 Å². The zero-order valence-electron chi connectivity index (χ0n) is 11.6. The number of aromatic nitrogens is 1. The summed E-state index contributed by atoms with van der Waals surface area (Å²) in [7, 11) is -3.62. The average molecular weight is 311 g/mol. The largest absolute Gasteiger partial charge is 0.326 e. The lowest BCUT2D eigenvalue weighted by molar-refractivity contribution is 0.601. The summed E-state index contributed by atoms with van der Waals surface area (Å²) in [5.74, 6) is 0.336. The van der Waals surface area contributed by atoms with Crippen molar-refractivity contribution in [1.29, 1.82) is 0 Å². The number of nitrogens with one attached hydrogen (secondary N) is 1. The fourth-order valence-electron chi connectivity index (χ4n) is 1.98. The first-order valence-electron chi connectivity index (χ1n) is 6.09. The molecule has 0 aliphatic rings. The Kier molecular flexibility index (Phi) is 4.12. The van der Waals surface area contributed by atoms with Crippen LogP contribution >= 0.6 is 11.3 Å². The van der Waals surface area contributed by atoms with Gasteiger partial charge < -0.3 is 5.73 Å². The molecule has 20 heavy (non-hydrogen) atoms. The molecule has 5 nitrogen and oxygen atoms in total. The van der Waals surface area contributed by atoms with Crippen molar-refractivity contribution in [3.05, 3.63) is 39.2 Å². The maximum absolute atomic E-state index is 12.4. The molecule has 0 saturated heterocycles. The van der Waals surface area contributed by atoms with Gasteiger partial charge in [-0.25, -0.2) is 13.4 Å². The summed E-state index contributed by atoms with van der Waals surface area (Å²) in [5, 5.41) is 0. The van der Waals surface area contributed by atoms with E-state index in [9.17, 15) is 8.42 Å². The Morgan fingerprint density at radius 3 is 2.50 bits per heavy atom. The Morgan fingerprint density at radius 2 is 1.95 bits per heavy atom. The molecule has 0 bridgehead atoms. The fourth-order valence-corrected chi connectivity index (χ4v) is 4.49. The van der Waals surface area contributed by atoms with E-state index in [1.165, 1.54) is 11.3 Å². The van der Waals surface area contributed by atoms with Crippen molar-refractivity contribution >= 4 is 27.2 Å². The van der Waals surface area contributed by atoms with Crippen LogP contribution in [-0.2, 0) is 16.6 Å². The van der Waals surface area contributed by atoms with E-state index in [1.54, 1.807) is 19.1 Å². The predicted molar refractivity (Wildman–Crippen MR) is 81.5 cm³/mol. The van der Waals surface area contributed by atoms with E-state index in [-0.39, 0.29) is 4.90 Å². The van der Waals surface area contributed by atoms with Crippen LogP contribution in [-0.4, -0.2) is 13.4 Å². The van der Waals surface area contributed by atoms with Crippen molar-refractivity contribution in [2.75, 3.05) is 4.72 Å². The van der Waals surface area contributed by atoms with Gasteiger partial charge in [0, 0.05) is 22.0 Å². The van der Waals surface area contributed by atoms with Crippen molar-refractivity contribution in [2.24, 2.45) is 5.73 Å². The Labute approximate surface area is 122 Å². The first-order valence-corrected chi connectivity index (χ1v) is 8.39. The molecule has 3 N–H and O–H groups in total. The van der Waals surface area contributed by atoms with Gasteiger partial charge in [-0.05, 0) is 44.5 Å². The quantitative estimate of drug-likeness (QED) is 0.907. The Balaban J connectivity index is 2.37. The molecule has 2 heterocycles. The van der Waals surface area contributed by atoms with Gasteiger partial charge >= 0.3 is 0 Å². The molecule has 0 aliphatic carbocycles. The fraction of sp³-hybridized carbons (Fsp3) is 0.308. The Hall–Kier alpha value is -1.44. The van der Waals surface area contributed by atoms with Crippen molar-refractivity contribution in [3.63, 3.8) is 0 Å². The second-order valence-corrected chi connectivity index (χ2v) is 7.61. The van der Waals surface area contributed by atoms with E-state index >= 15 is 0 Å². The molecule has 0 spiro atoms. The first kappa shape index (κ1) is 15.0. The maximum atomic E-state index is 12.4. The van der Waals surface area contributed by atoms with Crippen LogP contribution in [0.25, 0.3) is 0 Å². The third-order valence-corrected chi connectivity index (χ3v) is 5.43. The Bertz CT molecular complexity index is 716. The summed E-state index contributed by atoms with van der Waals surface area (Å²) in [6.45, 7) is 5.83. The van der Waals surface area contributed by atoms with Gasteiger partial charge in [-0.1, -0.05) is 0 Å². The van der Waals surface area contributed by atoms with Gasteiger partial charge in [0.05, 0.1) is 0 Å². The normalized spacial score (nSPS) is 11.6. The van der Waals surface area contributed by atoms with Gasteiger partial charge in [0.1, 0.15) is 10.7 Å². The second-order valence-electron chi connectivity index (χ2n) is 4.61. The molecule has 2 rings (SSSR count). The number of nitrogens with zero attached hydrogens (tertiary/aromatic N) is 1. The number of nitrogens with two attached hydrogens (primary N) is 1. The SMILES string of the molecule is Cc1cc(C)nc(NS(=O)(=O)c2cc(CN)sc2C)c1. The summed E-state index contributed by atoms with van der Waals surface area (Å²) in [5.41, 5.74) is 7.28. The summed E-state index contributed by atoms with van der Waals surface area (Å²) in [6.07, 6.45) is 0. The van der Waals surface area contributed by atoms with Crippen molar-refractivity contribution in [3.8, 4) is 0 Å². The van der Waals surface area contributed by atoms with E-state index in [2.05, 4.69) is 9.71 Å². The number of hydrogen-bond donors (Lipinski definition) is 2. The minimum atomic E-state index is -3.62. The van der Waals surface area contributed by atoms with Gasteiger partial charge in [-0.15, -0.1) is 11.3 Å². The number of thiophene rings is 1. The van der Waals surface area contributed by atoms with Crippen molar-refractivity contribution < 1.29 is 8.42 Å². The topological polar surface area (TPSA) is 85.1 Å². The molecule has 0 aliphatic heterocycles. The van der Waals surface area contributed by atoms with Crippen LogP contribution in [0.15, 0.2) is 23.1 Å². The van der Waals surface area contributed by atoms with Crippen LogP contribution in [0.1, 0.15) is 21.0 Å². The van der Waals surface area contributed by atoms with Gasteiger partial charge in [0.25, 0.3) is 10.0 Å². The summed E-state index contributed by atoms with van der Waals surface area (Å²) in [6, 6.07) is 5.21. The molecule has 0 radical (unpaired) electrons. The lowest BCUT2D eigenvalue weighted by Gasteiger charge is -2.08. The highest BCUT2D eigenvalue weighted by atomic mass is 32.2. The molecule has 0 amide bonds.